The Morgan fingerprint density at radius 1 is 0.929 bits per heavy atom. The van der Waals surface area contributed by atoms with Crippen LogP contribution in [0.3, 0.4) is 0 Å². The molecule has 7 heteroatoms. The molecule has 3 aromatic rings. The minimum atomic E-state index is -4.12. The van der Waals surface area contributed by atoms with Crippen molar-refractivity contribution >= 4 is 10.1 Å². The molecule has 5 nitrogen and oxygen atoms in total. The van der Waals surface area contributed by atoms with Crippen LogP contribution in [0.5, 0.6) is 11.5 Å². The number of aromatic hydroxyl groups is 2. The summed E-state index contributed by atoms with van der Waals surface area (Å²) in [5.41, 5.74) is 0.0884. The summed E-state index contributed by atoms with van der Waals surface area (Å²) in [7, 11) is -4.12. The Hall–Kier alpha value is -2.90. The smallest absolute Gasteiger partial charge is 0.298 e. The van der Waals surface area contributed by atoms with Gasteiger partial charge >= 0.3 is 0 Å². The van der Waals surface area contributed by atoms with Crippen molar-refractivity contribution in [2.24, 2.45) is 0 Å². The van der Waals surface area contributed by atoms with E-state index in [0.29, 0.717) is 16.7 Å². The maximum atomic E-state index is 14.4. The van der Waals surface area contributed by atoms with E-state index in [0.717, 1.165) is 6.07 Å². The first-order valence-corrected chi connectivity index (χ1v) is 9.92. The Morgan fingerprint density at radius 3 is 2.29 bits per heavy atom. The fourth-order valence-electron chi connectivity index (χ4n) is 3.62. The summed E-state index contributed by atoms with van der Waals surface area (Å²) < 4.78 is 45.6. The van der Waals surface area contributed by atoms with Crippen LogP contribution in [0, 0.1) is 19.7 Å². The molecule has 1 aliphatic heterocycles. The molecule has 0 amide bonds. The second-order valence-corrected chi connectivity index (χ2v) is 8.35. The van der Waals surface area contributed by atoms with Gasteiger partial charge in [0.2, 0.25) is 0 Å². The zero-order valence-electron chi connectivity index (χ0n) is 15.1. The van der Waals surface area contributed by atoms with Crippen LogP contribution in [-0.2, 0) is 19.9 Å². The van der Waals surface area contributed by atoms with Crippen molar-refractivity contribution in [2.75, 3.05) is 0 Å². The van der Waals surface area contributed by atoms with Gasteiger partial charge in [0.1, 0.15) is 10.6 Å². The van der Waals surface area contributed by atoms with E-state index in [1.807, 2.05) is 0 Å². The van der Waals surface area contributed by atoms with Gasteiger partial charge in [0, 0.05) is 5.56 Å². The van der Waals surface area contributed by atoms with Crippen molar-refractivity contribution in [1.29, 1.82) is 0 Å². The highest BCUT2D eigenvalue weighted by atomic mass is 32.2. The maximum absolute atomic E-state index is 14.4. The van der Waals surface area contributed by atoms with Gasteiger partial charge in [0.25, 0.3) is 10.1 Å². The third kappa shape index (κ3) is 2.51. The van der Waals surface area contributed by atoms with Gasteiger partial charge < -0.3 is 10.2 Å². The number of rotatable bonds is 2. The van der Waals surface area contributed by atoms with Crippen molar-refractivity contribution in [3.63, 3.8) is 0 Å². The van der Waals surface area contributed by atoms with Crippen LogP contribution in [0.1, 0.15) is 27.8 Å². The molecule has 1 unspecified atom stereocenters. The van der Waals surface area contributed by atoms with E-state index >= 15 is 0 Å². The van der Waals surface area contributed by atoms with Gasteiger partial charge in [-0.05, 0) is 66.4 Å². The molecule has 0 aliphatic carbocycles. The highest BCUT2D eigenvalue weighted by Gasteiger charge is 2.51. The topological polar surface area (TPSA) is 83.8 Å². The van der Waals surface area contributed by atoms with Crippen molar-refractivity contribution in [3.8, 4) is 11.5 Å². The van der Waals surface area contributed by atoms with E-state index in [9.17, 15) is 23.0 Å². The second kappa shape index (κ2) is 6.05. The fourth-order valence-corrected chi connectivity index (χ4v) is 5.05. The van der Waals surface area contributed by atoms with Gasteiger partial charge in [-0.25, -0.2) is 8.57 Å². The van der Waals surface area contributed by atoms with E-state index in [-0.39, 0.29) is 21.8 Å². The Bertz CT molecular complexity index is 1200. The highest BCUT2D eigenvalue weighted by Crippen LogP contribution is 2.51. The van der Waals surface area contributed by atoms with Crippen molar-refractivity contribution in [1.82, 2.24) is 0 Å². The zero-order valence-corrected chi connectivity index (χ0v) is 15.9. The first kappa shape index (κ1) is 18.5. The van der Waals surface area contributed by atoms with Crippen LogP contribution in [0.15, 0.2) is 59.5 Å². The third-order valence-electron chi connectivity index (χ3n) is 5.03. The monoisotopic (exact) mass is 400 g/mol. The zero-order chi connectivity index (χ0) is 20.3. The van der Waals surface area contributed by atoms with Crippen molar-refractivity contribution in [2.45, 2.75) is 24.3 Å². The molecule has 1 aliphatic rings. The van der Waals surface area contributed by atoms with Gasteiger partial charge in [-0.15, -0.1) is 0 Å². The number of benzene rings is 3. The number of phenols is 2. The van der Waals surface area contributed by atoms with E-state index in [1.54, 1.807) is 37.3 Å². The SMILES string of the molecule is Cc1cc(C2(c3cc(C)c(O)c(F)c3)OS(=O)(=O)c3ccccc32)ccc1O. The van der Waals surface area contributed by atoms with Crippen LogP contribution in [0.2, 0.25) is 0 Å². The molecule has 3 aromatic carbocycles. The molecule has 28 heavy (non-hydrogen) atoms. The molecule has 0 bridgehead atoms. The number of phenolic OH excluding ortho intramolecular Hbond substituents is 2. The Kier molecular flexibility index (Phi) is 3.99. The Morgan fingerprint density at radius 2 is 1.61 bits per heavy atom. The van der Waals surface area contributed by atoms with Gasteiger partial charge in [0.15, 0.2) is 17.2 Å². The second-order valence-electron chi connectivity index (χ2n) is 6.84. The Balaban J connectivity index is 2.14. The van der Waals surface area contributed by atoms with Gasteiger partial charge in [0.05, 0.1) is 0 Å². The standard InChI is InChI=1S/C21H17FO5S/c1-12-9-14(7-8-18(12)23)21(15-10-13(2)20(24)17(22)11-15)16-5-3-4-6-19(16)28(25,26)27-21/h3-11,23-24H,1-2H3. The molecule has 1 heterocycles. The van der Waals surface area contributed by atoms with E-state index in [2.05, 4.69) is 0 Å². The van der Waals surface area contributed by atoms with Gasteiger partial charge in [-0.3, -0.25) is 0 Å². The summed E-state index contributed by atoms with van der Waals surface area (Å²) in [5.74, 6) is -1.34. The molecular formula is C21H17FO5S. The number of halogens is 1. The minimum absolute atomic E-state index is 0.00753. The van der Waals surface area contributed by atoms with Gasteiger partial charge in [-0.2, -0.15) is 8.42 Å². The number of fused-ring (bicyclic) bond motifs is 1. The largest absolute Gasteiger partial charge is 0.508 e. The first-order valence-electron chi connectivity index (χ1n) is 8.51. The summed E-state index contributed by atoms with van der Waals surface area (Å²) in [6.45, 7) is 3.19. The molecule has 144 valence electrons. The number of hydrogen-bond donors (Lipinski definition) is 2. The number of aryl methyl sites for hydroxylation is 2. The average Bonchev–Trinajstić information content (AvgIpc) is 2.90. The normalized spacial score (nSPS) is 20.1. The fraction of sp³-hybridized carbons (Fsp3) is 0.143. The predicted molar refractivity (Wildman–Crippen MR) is 100 cm³/mol. The van der Waals surface area contributed by atoms with Crippen LogP contribution in [0.25, 0.3) is 0 Å². The third-order valence-corrected chi connectivity index (χ3v) is 6.40. The molecule has 0 saturated heterocycles. The molecule has 0 aromatic heterocycles. The average molecular weight is 400 g/mol. The lowest BCUT2D eigenvalue weighted by atomic mass is 9.79. The maximum Gasteiger partial charge on any atom is 0.298 e. The van der Waals surface area contributed by atoms with Crippen LogP contribution in [0.4, 0.5) is 4.39 Å². The molecule has 2 N–H and O–H groups in total. The minimum Gasteiger partial charge on any atom is -0.508 e. The van der Waals surface area contributed by atoms with Crippen LogP contribution >= 0.6 is 0 Å². The highest BCUT2D eigenvalue weighted by molar-refractivity contribution is 7.87. The summed E-state index contributed by atoms with van der Waals surface area (Å²) in [5, 5.41) is 19.8. The molecule has 4 rings (SSSR count). The van der Waals surface area contributed by atoms with E-state index < -0.39 is 27.3 Å². The van der Waals surface area contributed by atoms with E-state index in [1.165, 1.54) is 25.1 Å². The van der Waals surface area contributed by atoms with Crippen LogP contribution < -0.4 is 0 Å². The predicted octanol–water partition coefficient (Wildman–Crippen LogP) is 3.86. The lowest BCUT2D eigenvalue weighted by Crippen LogP contribution is -2.30. The molecule has 0 radical (unpaired) electrons. The lowest BCUT2D eigenvalue weighted by Gasteiger charge is -2.30. The molecule has 0 spiro atoms. The molecular weight excluding hydrogens is 383 g/mol. The summed E-state index contributed by atoms with van der Waals surface area (Å²) in [6.07, 6.45) is 0. The molecule has 0 fully saturated rings. The summed E-state index contributed by atoms with van der Waals surface area (Å²) >= 11 is 0. The Labute approximate surface area is 161 Å². The quantitative estimate of drug-likeness (QED) is 0.638. The van der Waals surface area contributed by atoms with Crippen molar-refractivity contribution in [3.05, 3.63) is 88.2 Å². The van der Waals surface area contributed by atoms with Crippen LogP contribution in [-0.4, -0.2) is 18.6 Å². The summed E-state index contributed by atoms with van der Waals surface area (Å²) in [4.78, 5) is -0.00753. The number of hydrogen-bond acceptors (Lipinski definition) is 5. The summed E-state index contributed by atoms with van der Waals surface area (Å²) in [6, 6.07) is 13.5. The molecule has 1 atom stereocenters. The van der Waals surface area contributed by atoms with Gasteiger partial charge in [-0.1, -0.05) is 24.3 Å². The molecule has 0 saturated carbocycles. The first-order chi connectivity index (χ1) is 13.2. The van der Waals surface area contributed by atoms with E-state index in [4.69, 9.17) is 4.18 Å². The lowest BCUT2D eigenvalue weighted by molar-refractivity contribution is 0.179. The van der Waals surface area contributed by atoms with Crippen molar-refractivity contribution < 1.29 is 27.2 Å².